The predicted octanol–water partition coefficient (Wildman–Crippen LogP) is 1.34. The monoisotopic (exact) mass is 195 g/mol. The number of piperidine rings is 1. The molecule has 1 aliphatic rings. The molecule has 0 aromatic rings. The lowest BCUT2D eigenvalue weighted by molar-refractivity contribution is -0.152. The Labute approximate surface area is 85.1 Å². The Hall–Kier alpha value is -1.01. The molecule has 1 fully saturated rings. The molecule has 0 radical (unpaired) electrons. The predicted molar refractivity (Wildman–Crippen MR) is 54.9 cm³/mol. The van der Waals surface area contributed by atoms with Crippen LogP contribution in [0.1, 0.15) is 32.6 Å². The highest BCUT2D eigenvalue weighted by molar-refractivity contribution is 5.78. The zero-order valence-electron chi connectivity index (χ0n) is 8.62. The van der Waals surface area contributed by atoms with Crippen LogP contribution in [0.4, 0.5) is 0 Å². The molecule has 0 saturated carbocycles. The van der Waals surface area contributed by atoms with E-state index in [1.807, 2.05) is 4.90 Å². The van der Waals surface area contributed by atoms with E-state index < -0.39 is 11.5 Å². The minimum atomic E-state index is -0.728. The van der Waals surface area contributed by atoms with Gasteiger partial charge in [0.2, 0.25) is 0 Å². The lowest BCUT2D eigenvalue weighted by Crippen LogP contribution is -2.55. The fraction of sp³-hybridized carbons (Fsp3) is 0.727. The first-order chi connectivity index (χ1) is 6.61. The van der Waals surface area contributed by atoms with Crippen LogP contribution in [-0.2, 0) is 4.79 Å². The third kappa shape index (κ3) is 2.08. The average Bonchev–Trinajstić information content (AvgIpc) is 2.16. The summed E-state index contributed by atoms with van der Waals surface area (Å²) >= 11 is 0. The van der Waals surface area contributed by atoms with Crippen LogP contribution < -0.4 is 0 Å². The number of carboxylic acid groups (broad SMARTS) is 1. The number of nitrogens with zero attached hydrogens (tertiary/aromatic N) is 1. The van der Waals surface area contributed by atoms with Crippen molar-refractivity contribution in [3.05, 3.63) is 0 Å². The molecule has 0 spiro atoms. The fourth-order valence-corrected chi connectivity index (χ4v) is 1.98. The van der Waals surface area contributed by atoms with Crippen LogP contribution in [-0.4, -0.2) is 34.6 Å². The molecule has 1 aliphatic heterocycles. The molecule has 1 unspecified atom stereocenters. The second-order valence-corrected chi connectivity index (χ2v) is 3.98. The van der Waals surface area contributed by atoms with Crippen molar-refractivity contribution < 1.29 is 9.90 Å². The molecule has 0 aliphatic carbocycles. The molecule has 78 valence electrons. The van der Waals surface area contributed by atoms with Crippen LogP contribution in [0, 0.1) is 12.3 Å². The number of hydrogen-bond acceptors (Lipinski definition) is 2. The maximum atomic E-state index is 11.2. The summed E-state index contributed by atoms with van der Waals surface area (Å²) in [5, 5.41) is 9.17. The van der Waals surface area contributed by atoms with Crippen LogP contribution in [0.2, 0.25) is 0 Å². The van der Waals surface area contributed by atoms with E-state index in [4.69, 9.17) is 6.42 Å². The number of terminal acetylenes is 1. The van der Waals surface area contributed by atoms with E-state index in [-0.39, 0.29) is 0 Å². The van der Waals surface area contributed by atoms with Gasteiger partial charge in [-0.3, -0.25) is 9.69 Å². The van der Waals surface area contributed by atoms with Crippen molar-refractivity contribution in [3.8, 4) is 12.3 Å². The van der Waals surface area contributed by atoms with Crippen LogP contribution in [0.5, 0.6) is 0 Å². The highest BCUT2D eigenvalue weighted by Crippen LogP contribution is 2.28. The Bertz CT molecular complexity index is 257. The van der Waals surface area contributed by atoms with E-state index in [0.717, 1.165) is 25.8 Å². The normalized spacial score (nSPS) is 28.3. The number of carbonyl (C=O) groups is 1. The van der Waals surface area contributed by atoms with Crippen molar-refractivity contribution in [2.45, 2.75) is 38.1 Å². The summed E-state index contributed by atoms with van der Waals surface area (Å²) < 4.78 is 0. The summed E-state index contributed by atoms with van der Waals surface area (Å²) in [5.74, 6) is 1.83. The Morgan fingerprint density at radius 1 is 1.64 bits per heavy atom. The smallest absolute Gasteiger partial charge is 0.323 e. The van der Waals surface area contributed by atoms with Gasteiger partial charge in [-0.05, 0) is 32.7 Å². The third-order valence-electron chi connectivity index (χ3n) is 3.03. The number of rotatable bonds is 3. The minimum Gasteiger partial charge on any atom is -0.480 e. The maximum absolute atomic E-state index is 11.2. The summed E-state index contributed by atoms with van der Waals surface area (Å²) in [6, 6.07) is 0. The Balaban J connectivity index is 2.68. The summed E-state index contributed by atoms with van der Waals surface area (Å²) in [4.78, 5) is 13.2. The van der Waals surface area contributed by atoms with Gasteiger partial charge in [0, 0.05) is 13.0 Å². The third-order valence-corrected chi connectivity index (χ3v) is 3.03. The van der Waals surface area contributed by atoms with Crippen molar-refractivity contribution in [1.29, 1.82) is 0 Å². The van der Waals surface area contributed by atoms with Crippen molar-refractivity contribution >= 4 is 5.97 Å². The molecule has 1 rings (SSSR count). The minimum absolute atomic E-state index is 0.628. The second kappa shape index (κ2) is 4.47. The van der Waals surface area contributed by atoms with Crippen LogP contribution >= 0.6 is 0 Å². The van der Waals surface area contributed by atoms with E-state index in [2.05, 4.69) is 5.92 Å². The van der Waals surface area contributed by atoms with Crippen LogP contribution in [0.25, 0.3) is 0 Å². The van der Waals surface area contributed by atoms with Crippen molar-refractivity contribution in [3.63, 3.8) is 0 Å². The molecule has 0 bridgehead atoms. The van der Waals surface area contributed by atoms with Gasteiger partial charge in [-0.25, -0.2) is 0 Å². The zero-order valence-corrected chi connectivity index (χ0v) is 8.62. The van der Waals surface area contributed by atoms with E-state index in [1.54, 1.807) is 6.92 Å². The number of carboxylic acids is 1. The second-order valence-electron chi connectivity index (χ2n) is 3.98. The SMILES string of the molecule is C#CCCN1CCCCC1(C)C(=O)O. The zero-order chi connectivity index (χ0) is 10.6. The molecule has 3 heteroatoms. The van der Waals surface area contributed by atoms with E-state index in [9.17, 15) is 9.90 Å². The van der Waals surface area contributed by atoms with Gasteiger partial charge in [0.25, 0.3) is 0 Å². The number of likely N-dealkylation sites (tertiary alicyclic amines) is 1. The molecule has 1 atom stereocenters. The molecule has 1 N–H and O–H groups in total. The molecule has 0 aromatic carbocycles. The van der Waals surface area contributed by atoms with E-state index in [1.165, 1.54) is 0 Å². The average molecular weight is 195 g/mol. The van der Waals surface area contributed by atoms with Gasteiger partial charge in [0.05, 0.1) is 0 Å². The quantitative estimate of drug-likeness (QED) is 0.691. The summed E-state index contributed by atoms with van der Waals surface area (Å²) in [7, 11) is 0. The van der Waals surface area contributed by atoms with Crippen molar-refractivity contribution in [2.75, 3.05) is 13.1 Å². The van der Waals surface area contributed by atoms with Gasteiger partial charge in [0.15, 0.2) is 0 Å². The summed E-state index contributed by atoms with van der Waals surface area (Å²) in [6.45, 7) is 3.34. The molecule has 0 aromatic heterocycles. The molecule has 1 heterocycles. The standard InChI is InChI=1S/C11H17NO2/c1-3-4-8-12-9-6-5-7-11(12,2)10(13)14/h1H,4-9H2,2H3,(H,13,14). The van der Waals surface area contributed by atoms with Crippen LogP contribution in [0.3, 0.4) is 0 Å². The van der Waals surface area contributed by atoms with Gasteiger partial charge in [-0.15, -0.1) is 12.3 Å². The van der Waals surface area contributed by atoms with Crippen LogP contribution in [0.15, 0.2) is 0 Å². The summed E-state index contributed by atoms with van der Waals surface area (Å²) in [6.07, 6.45) is 8.62. The number of aliphatic carboxylic acids is 1. The first-order valence-corrected chi connectivity index (χ1v) is 5.03. The van der Waals surface area contributed by atoms with Gasteiger partial charge >= 0.3 is 5.97 Å². The first-order valence-electron chi connectivity index (χ1n) is 5.03. The fourth-order valence-electron chi connectivity index (χ4n) is 1.98. The first kappa shape index (κ1) is 11.1. The van der Waals surface area contributed by atoms with Crippen molar-refractivity contribution in [1.82, 2.24) is 4.90 Å². The van der Waals surface area contributed by atoms with Gasteiger partial charge in [0.1, 0.15) is 5.54 Å². The molecule has 0 amide bonds. The summed E-state index contributed by atoms with van der Waals surface area (Å²) in [5.41, 5.74) is -0.699. The molecule has 1 saturated heterocycles. The van der Waals surface area contributed by atoms with Gasteiger partial charge in [-0.1, -0.05) is 0 Å². The topological polar surface area (TPSA) is 40.5 Å². The van der Waals surface area contributed by atoms with E-state index >= 15 is 0 Å². The van der Waals surface area contributed by atoms with E-state index in [0.29, 0.717) is 13.0 Å². The van der Waals surface area contributed by atoms with Crippen molar-refractivity contribution in [2.24, 2.45) is 0 Å². The molecular formula is C11H17NO2. The van der Waals surface area contributed by atoms with Gasteiger partial charge in [-0.2, -0.15) is 0 Å². The van der Waals surface area contributed by atoms with Gasteiger partial charge < -0.3 is 5.11 Å². The maximum Gasteiger partial charge on any atom is 0.323 e. The number of hydrogen-bond donors (Lipinski definition) is 1. The lowest BCUT2D eigenvalue weighted by Gasteiger charge is -2.41. The Morgan fingerprint density at radius 2 is 2.36 bits per heavy atom. The molecule has 14 heavy (non-hydrogen) atoms. The Morgan fingerprint density at radius 3 is 2.93 bits per heavy atom. The molecule has 3 nitrogen and oxygen atoms in total. The Kier molecular flexibility index (Phi) is 3.54. The highest BCUT2D eigenvalue weighted by Gasteiger charge is 2.40. The largest absolute Gasteiger partial charge is 0.480 e. The highest BCUT2D eigenvalue weighted by atomic mass is 16.4. The molecular weight excluding hydrogens is 178 g/mol. The lowest BCUT2D eigenvalue weighted by atomic mass is 9.88.